The minimum Gasteiger partial charge on any atom is -0.488 e. The van der Waals surface area contributed by atoms with E-state index in [-0.39, 0.29) is 5.57 Å². The third-order valence-electron chi connectivity index (χ3n) is 5.33. The van der Waals surface area contributed by atoms with Crippen molar-refractivity contribution < 1.29 is 9.53 Å². The first-order chi connectivity index (χ1) is 16.0. The molecule has 4 aromatic carbocycles. The van der Waals surface area contributed by atoms with Crippen LogP contribution >= 0.6 is 11.6 Å². The van der Waals surface area contributed by atoms with Gasteiger partial charge in [0.25, 0.3) is 5.91 Å². The van der Waals surface area contributed by atoms with E-state index in [1.165, 1.54) is 6.08 Å². The van der Waals surface area contributed by atoms with Crippen molar-refractivity contribution in [3.8, 4) is 11.8 Å². The fraction of sp³-hybridized carbons (Fsp3) is 0.0714. The average molecular weight is 453 g/mol. The van der Waals surface area contributed by atoms with E-state index in [1.54, 1.807) is 24.3 Å². The number of nitriles is 1. The quantitative estimate of drug-likeness (QED) is 0.255. The van der Waals surface area contributed by atoms with Gasteiger partial charge in [0.2, 0.25) is 0 Å². The molecule has 0 aliphatic carbocycles. The van der Waals surface area contributed by atoms with Gasteiger partial charge in [0, 0.05) is 21.8 Å². The number of hydrogen-bond acceptors (Lipinski definition) is 3. The normalized spacial score (nSPS) is 11.1. The highest BCUT2D eigenvalue weighted by molar-refractivity contribution is 6.30. The van der Waals surface area contributed by atoms with Gasteiger partial charge < -0.3 is 10.1 Å². The first-order valence-corrected chi connectivity index (χ1v) is 10.8. The molecule has 4 nitrogen and oxygen atoms in total. The summed E-state index contributed by atoms with van der Waals surface area (Å²) in [7, 11) is 0. The van der Waals surface area contributed by atoms with E-state index in [9.17, 15) is 10.1 Å². The predicted octanol–water partition coefficient (Wildman–Crippen LogP) is 6.93. The molecule has 0 aromatic heterocycles. The van der Waals surface area contributed by atoms with Crippen LogP contribution in [0.5, 0.6) is 5.75 Å². The lowest BCUT2D eigenvalue weighted by Crippen LogP contribution is -2.13. The zero-order valence-corrected chi connectivity index (χ0v) is 18.8. The second kappa shape index (κ2) is 10.0. The lowest BCUT2D eigenvalue weighted by Gasteiger charge is -2.14. The maximum atomic E-state index is 12.6. The van der Waals surface area contributed by atoms with Crippen LogP contribution in [-0.4, -0.2) is 5.91 Å². The number of carbonyl (C=O) groups is 1. The number of nitrogens with zero attached hydrogens (tertiary/aromatic N) is 1. The van der Waals surface area contributed by atoms with Crippen molar-refractivity contribution in [3.05, 3.63) is 112 Å². The molecule has 0 bridgehead atoms. The van der Waals surface area contributed by atoms with Crippen LogP contribution in [0.2, 0.25) is 5.02 Å². The van der Waals surface area contributed by atoms with Crippen LogP contribution < -0.4 is 10.1 Å². The van der Waals surface area contributed by atoms with Gasteiger partial charge in [-0.2, -0.15) is 5.26 Å². The summed E-state index contributed by atoms with van der Waals surface area (Å²) in [6.45, 7) is 2.43. The van der Waals surface area contributed by atoms with Gasteiger partial charge in [-0.25, -0.2) is 0 Å². The standard InChI is InChI=1S/C28H21ClN2O2/c1-19-10-11-20-6-2-4-8-25(20)26(19)18-33-27-9-5-3-7-21(27)16-22(17-30)28(32)31-24-14-12-23(29)13-15-24/h2-16H,18H2,1H3,(H,31,32)/b22-16+. The summed E-state index contributed by atoms with van der Waals surface area (Å²) in [5, 5.41) is 15.2. The fourth-order valence-electron chi connectivity index (χ4n) is 3.55. The number of fused-ring (bicyclic) bond motifs is 1. The number of aryl methyl sites for hydroxylation is 1. The van der Waals surface area contributed by atoms with Crippen molar-refractivity contribution in [1.82, 2.24) is 0 Å². The van der Waals surface area contributed by atoms with E-state index < -0.39 is 5.91 Å². The molecule has 0 aliphatic heterocycles. The Labute approximate surface area is 197 Å². The van der Waals surface area contributed by atoms with E-state index in [1.807, 2.05) is 42.5 Å². The highest BCUT2D eigenvalue weighted by atomic mass is 35.5. The molecule has 33 heavy (non-hydrogen) atoms. The van der Waals surface area contributed by atoms with Gasteiger partial charge >= 0.3 is 0 Å². The van der Waals surface area contributed by atoms with Gasteiger partial charge in [0.05, 0.1) is 0 Å². The third kappa shape index (κ3) is 5.23. The fourth-order valence-corrected chi connectivity index (χ4v) is 3.68. The van der Waals surface area contributed by atoms with Gasteiger partial charge in [-0.1, -0.05) is 66.2 Å². The molecule has 1 amide bonds. The topological polar surface area (TPSA) is 62.1 Å². The molecule has 0 unspecified atom stereocenters. The second-order valence-corrected chi connectivity index (χ2v) is 7.98. The van der Waals surface area contributed by atoms with Gasteiger partial charge in [-0.05, 0) is 59.7 Å². The zero-order valence-electron chi connectivity index (χ0n) is 18.0. The molecule has 0 atom stereocenters. The Balaban J connectivity index is 1.58. The van der Waals surface area contributed by atoms with Crippen LogP contribution in [-0.2, 0) is 11.4 Å². The zero-order chi connectivity index (χ0) is 23.2. The van der Waals surface area contributed by atoms with Gasteiger partial charge in [0.15, 0.2) is 0 Å². The first kappa shape index (κ1) is 22.1. The average Bonchev–Trinajstić information content (AvgIpc) is 2.84. The van der Waals surface area contributed by atoms with Gasteiger partial charge in [-0.15, -0.1) is 0 Å². The third-order valence-corrected chi connectivity index (χ3v) is 5.58. The van der Waals surface area contributed by atoms with Crippen LogP contribution in [0.1, 0.15) is 16.7 Å². The molecule has 0 aliphatic rings. The first-order valence-electron chi connectivity index (χ1n) is 10.4. The number of para-hydroxylation sites is 1. The molecule has 0 fully saturated rings. The van der Waals surface area contributed by atoms with Crippen molar-refractivity contribution >= 4 is 40.0 Å². The molecule has 0 saturated heterocycles. The number of benzene rings is 4. The Hall–Kier alpha value is -4.07. The lowest BCUT2D eigenvalue weighted by atomic mass is 10.0. The van der Waals surface area contributed by atoms with Crippen molar-refractivity contribution in [2.24, 2.45) is 0 Å². The maximum absolute atomic E-state index is 12.6. The van der Waals surface area contributed by atoms with Crippen LogP contribution in [0.3, 0.4) is 0 Å². The van der Waals surface area contributed by atoms with Crippen molar-refractivity contribution in [2.45, 2.75) is 13.5 Å². The Kier molecular flexibility index (Phi) is 6.73. The van der Waals surface area contributed by atoms with Crippen LogP contribution in [0.25, 0.3) is 16.8 Å². The summed E-state index contributed by atoms with van der Waals surface area (Å²) in [6.07, 6.45) is 1.54. The maximum Gasteiger partial charge on any atom is 0.266 e. The van der Waals surface area contributed by atoms with E-state index in [4.69, 9.17) is 16.3 Å². The summed E-state index contributed by atoms with van der Waals surface area (Å²) < 4.78 is 6.17. The van der Waals surface area contributed by atoms with Crippen LogP contribution in [0.15, 0.2) is 90.5 Å². The Morgan fingerprint density at radius 3 is 2.52 bits per heavy atom. The molecule has 4 rings (SSSR count). The van der Waals surface area contributed by atoms with Gasteiger partial charge in [-0.3, -0.25) is 4.79 Å². The van der Waals surface area contributed by atoms with Gasteiger partial charge in [0.1, 0.15) is 24.0 Å². The number of amides is 1. The summed E-state index contributed by atoms with van der Waals surface area (Å²) in [5.41, 5.74) is 3.43. The number of nitrogens with one attached hydrogen (secondary N) is 1. The van der Waals surface area contributed by atoms with Crippen LogP contribution in [0, 0.1) is 18.3 Å². The number of anilines is 1. The minimum atomic E-state index is -0.500. The number of ether oxygens (including phenoxy) is 1. The number of rotatable bonds is 6. The molecule has 1 N–H and O–H groups in total. The van der Waals surface area contributed by atoms with Crippen molar-refractivity contribution in [3.63, 3.8) is 0 Å². The molecule has 4 aromatic rings. The second-order valence-electron chi connectivity index (χ2n) is 7.54. The van der Waals surface area contributed by atoms with E-state index >= 15 is 0 Å². The number of carbonyl (C=O) groups excluding carboxylic acids is 1. The van der Waals surface area contributed by atoms with E-state index in [2.05, 4.69) is 36.5 Å². The highest BCUT2D eigenvalue weighted by Gasteiger charge is 2.12. The van der Waals surface area contributed by atoms with E-state index in [0.29, 0.717) is 28.6 Å². The van der Waals surface area contributed by atoms with E-state index in [0.717, 1.165) is 21.9 Å². The number of hydrogen-bond donors (Lipinski definition) is 1. The highest BCUT2D eigenvalue weighted by Crippen LogP contribution is 2.27. The monoisotopic (exact) mass is 452 g/mol. The SMILES string of the molecule is Cc1ccc2ccccc2c1COc1ccccc1/C=C(\C#N)C(=O)Nc1ccc(Cl)cc1. The summed E-state index contributed by atoms with van der Waals surface area (Å²) in [6, 6.07) is 28.4. The molecule has 0 saturated carbocycles. The Morgan fingerprint density at radius 1 is 1.00 bits per heavy atom. The van der Waals surface area contributed by atoms with Crippen molar-refractivity contribution in [1.29, 1.82) is 5.26 Å². The molecule has 0 spiro atoms. The molecule has 5 heteroatoms. The molecular weight excluding hydrogens is 432 g/mol. The Morgan fingerprint density at radius 2 is 1.73 bits per heavy atom. The number of halogens is 1. The molecule has 162 valence electrons. The summed E-state index contributed by atoms with van der Waals surface area (Å²) in [4.78, 5) is 12.6. The van der Waals surface area contributed by atoms with Crippen LogP contribution in [0.4, 0.5) is 5.69 Å². The summed E-state index contributed by atoms with van der Waals surface area (Å²) >= 11 is 5.89. The van der Waals surface area contributed by atoms with Crippen molar-refractivity contribution in [2.75, 3.05) is 5.32 Å². The molecular formula is C28H21ClN2O2. The smallest absolute Gasteiger partial charge is 0.266 e. The lowest BCUT2D eigenvalue weighted by molar-refractivity contribution is -0.112. The summed E-state index contributed by atoms with van der Waals surface area (Å²) in [5.74, 6) is 0.0939. The molecule has 0 heterocycles. The minimum absolute atomic E-state index is 0.0256. The Bertz CT molecular complexity index is 1390. The largest absolute Gasteiger partial charge is 0.488 e. The predicted molar refractivity (Wildman–Crippen MR) is 133 cm³/mol. The molecule has 0 radical (unpaired) electrons.